The number of hydrogen-bond acceptors (Lipinski definition) is 6. The lowest BCUT2D eigenvalue weighted by molar-refractivity contribution is 0.0977. The lowest BCUT2D eigenvalue weighted by Gasteiger charge is -2.40. The smallest absolute Gasteiger partial charge is 0.295 e. The summed E-state index contributed by atoms with van der Waals surface area (Å²) in [6.45, 7) is 8.19. The average molecular weight is 682 g/mol. The Kier molecular flexibility index (Phi) is 14.1. The summed E-state index contributed by atoms with van der Waals surface area (Å²) in [4.78, 5) is 26.6. The Balaban J connectivity index is 1.24. The van der Waals surface area contributed by atoms with Gasteiger partial charge in [0.25, 0.3) is 5.91 Å². The predicted molar refractivity (Wildman–Crippen MR) is 190 cm³/mol. The summed E-state index contributed by atoms with van der Waals surface area (Å²) in [7, 11) is 0. The third-order valence-electron chi connectivity index (χ3n) is 8.78. The van der Waals surface area contributed by atoms with E-state index >= 15 is 0 Å². The summed E-state index contributed by atoms with van der Waals surface area (Å²) in [5.41, 5.74) is 8.64. The van der Waals surface area contributed by atoms with Crippen molar-refractivity contribution in [1.29, 1.82) is 0 Å². The SMILES string of the molecule is CCN(C[C@@H]1CC[C@H]1C/C=C/C[C@H](C)C[S+]([O-])NC(=O)c1coc(C)c1)c1cc(C(N)=O)ccc1OCCCCc1cccc(Cl)c1. The highest BCUT2D eigenvalue weighted by Gasteiger charge is 2.32. The number of furan rings is 1. The molecule has 254 valence electrons. The van der Waals surface area contributed by atoms with Gasteiger partial charge in [-0.3, -0.25) is 9.59 Å². The summed E-state index contributed by atoms with van der Waals surface area (Å²) >= 11 is 4.67. The van der Waals surface area contributed by atoms with Gasteiger partial charge in [-0.15, -0.1) is 0 Å². The molecule has 0 spiro atoms. The number of nitrogens with two attached hydrogens (primary N) is 1. The quantitative estimate of drug-likeness (QED) is 0.0761. The van der Waals surface area contributed by atoms with Crippen LogP contribution in [0.4, 0.5) is 5.69 Å². The molecule has 3 aromatic rings. The van der Waals surface area contributed by atoms with Gasteiger partial charge in [-0.2, -0.15) is 4.72 Å². The molecule has 0 radical (unpaired) electrons. The average Bonchev–Trinajstić information content (AvgIpc) is 3.47. The fraction of sp³-hybridized carbons (Fsp3) is 0.459. The molecule has 8 nitrogen and oxygen atoms in total. The molecule has 3 N–H and O–H groups in total. The summed E-state index contributed by atoms with van der Waals surface area (Å²) in [6, 6.07) is 15.1. The molecule has 1 heterocycles. The molecule has 10 heteroatoms. The molecule has 4 atom stereocenters. The zero-order chi connectivity index (χ0) is 33.8. The van der Waals surface area contributed by atoms with E-state index in [4.69, 9.17) is 26.5 Å². The monoisotopic (exact) mass is 681 g/mol. The van der Waals surface area contributed by atoms with E-state index in [9.17, 15) is 14.1 Å². The first-order chi connectivity index (χ1) is 22.6. The van der Waals surface area contributed by atoms with Crippen LogP contribution in [0.15, 0.2) is 71.4 Å². The Bertz CT molecular complexity index is 1490. The van der Waals surface area contributed by atoms with Crippen LogP contribution < -0.4 is 20.1 Å². The summed E-state index contributed by atoms with van der Waals surface area (Å²) in [6.07, 6.45) is 12.8. The molecule has 0 saturated heterocycles. The molecule has 1 aliphatic rings. The summed E-state index contributed by atoms with van der Waals surface area (Å²) in [5, 5.41) is 0.756. The maximum absolute atomic E-state index is 12.4. The minimum absolute atomic E-state index is 0.166. The maximum atomic E-state index is 12.4. The highest BCUT2D eigenvalue weighted by Crippen LogP contribution is 2.40. The van der Waals surface area contributed by atoms with Crippen molar-refractivity contribution in [3.05, 3.63) is 94.4 Å². The van der Waals surface area contributed by atoms with Crippen LogP contribution in [0, 0.1) is 24.7 Å². The number of halogens is 1. The molecule has 2 amide bonds. The van der Waals surface area contributed by atoms with E-state index in [-0.39, 0.29) is 11.8 Å². The van der Waals surface area contributed by atoms with Crippen molar-refractivity contribution in [2.24, 2.45) is 23.5 Å². The molecule has 1 aliphatic carbocycles. The molecule has 47 heavy (non-hydrogen) atoms. The number of nitrogens with zero attached hydrogens (tertiary/aromatic N) is 1. The minimum Gasteiger partial charge on any atom is -0.593 e. The zero-order valence-corrected chi connectivity index (χ0v) is 29.3. The first-order valence-electron chi connectivity index (χ1n) is 16.6. The molecular weight excluding hydrogens is 634 g/mol. The van der Waals surface area contributed by atoms with Crippen LogP contribution in [0.5, 0.6) is 5.75 Å². The van der Waals surface area contributed by atoms with Crippen molar-refractivity contribution < 1.29 is 23.3 Å². The van der Waals surface area contributed by atoms with Crippen molar-refractivity contribution in [2.45, 2.75) is 65.7 Å². The Labute approximate surface area is 287 Å². The molecule has 1 saturated carbocycles. The summed E-state index contributed by atoms with van der Waals surface area (Å²) in [5.74, 6) is 2.25. The summed E-state index contributed by atoms with van der Waals surface area (Å²) < 4.78 is 26.4. The Morgan fingerprint density at radius 1 is 1.15 bits per heavy atom. The van der Waals surface area contributed by atoms with E-state index in [1.54, 1.807) is 19.1 Å². The number of primary amides is 1. The van der Waals surface area contributed by atoms with E-state index in [2.05, 4.69) is 34.8 Å². The van der Waals surface area contributed by atoms with Gasteiger partial charge in [0.15, 0.2) is 0 Å². The number of rotatable bonds is 19. The number of hydrogen-bond donors (Lipinski definition) is 2. The van der Waals surface area contributed by atoms with Crippen molar-refractivity contribution >= 4 is 40.5 Å². The number of ether oxygens (including phenoxy) is 1. The van der Waals surface area contributed by atoms with Crippen LogP contribution >= 0.6 is 11.6 Å². The van der Waals surface area contributed by atoms with Crippen LogP contribution in [0.3, 0.4) is 0 Å². The Hall–Kier alpha value is -3.40. The number of unbranched alkanes of at least 4 members (excludes halogenated alkanes) is 1. The third-order valence-corrected chi connectivity index (χ3v) is 10.3. The van der Waals surface area contributed by atoms with Crippen molar-refractivity contribution in [3.8, 4) is 5.75 Å². The van der Waals surface area contributed by atoms with Crippen molar-refractivity contribution in [2.75, 3.05) is 30.3 Å². The van der Waals surface area contributed by atoms with E-state index in [1.807, 2.05) is 37.3 Å². The third kappa shape index (κ3) is 11.4. The van der Waals surface area contributed by atoms with Crippen LogP contribution in [0.2, 0.25) is 5.02 Å². The molecular formula is C37H48ClN3O5S. The lowest BCUT2D eigenvalue weighted by Crippen LogP contribution is -2.38. The van der Waals surface area contributed by atoms with E-state index < -0.39 is 17.3 Å². The first kappa shape index (κ1) is 36.4. The zero-order valence-electron chi connectivity index (χ0n) is 27.7. The van der Waals surface area contributed by atoms with E-state index in [1.165, 1.54) is 18.2 Å². The van der Waals surface area contributed by atoms with E-state index in [0.29, 0.717) is 41.1 Å². The van der Waals surface area contributed by atoms with Crippen molar-refractivity contribution in [3.63, 3.8) is 0 Å². The van der Waals surface area contributed by atoms with Gasteiger partial charge >= 0.3 is 0 Å². The van der Waals surface area contributed by atoms with Crippen LogP contribution in [-0.2, 0) is 17.8 Å². The number of allylic oxidation sites excluding steroid dienone is 2. The maximum Gasteiger partial charge on any atom is 0.295 e. The van der Waals surface area contributed by atoms with Crippen molar-refractivity contribution in [1.82, 2.24) is 4.72 Å². The minimum atomic E-state index is -1.45. The second kappa shape index (κ2) is 18.2. The molecule has 1 aromatic heterocycles. The largest absolute Gasteiger partial charge is 0.593 e. The van der Waals surface area contributed by atoms with Crippen LogP contribution in [-0.4, -0.2) is 41.8 Å². The normalized spacial score (nSPS) is 17.2. The molecule has 0 bridgehead atoms. The van der Waals surface area contributed by atoms with Crippen LogP contribution in [0.1, 0.15) is 84.4 Å². The lowest BCUT2D eigenvalue weighted by atomic mass is 9.71. The second-order valence-electron chi connectivity index (χ2n) is 12.6. The van der Waals surface area contributed by atoms with E-state index in [0.717, 1.165) is 68.1 Å². The number of carbonyl (C=O) groups excluding carboxylic acids is 2. The molecule has 4 rings (SSSR count). The highest BCUT2D eigenvalue weighted by atomic mass is 35.5. The number of anilines is 1. The Morgan fingerprint density at radius 2 is 1.96 bits per heavy atom. The first-order valence-corrected chi connectivity index (χ1v) is 18.3. The standard InChI is InChI=1S/C37H48ClN3O5S/c1-4-41(34-22-30(36(39)42)17-18-35(34)45-19-8-7-11-28-12-9-14-33(38)21-28)23-31-16-15-29(31)13-6-5-10-26(2)25-47(44)40-37(43)32-20-27(3)46-24-32/h5-6,9,12,14,17-18,20-22,24,26,29,31H,4,7-8,10-11,13,15-16,19,23,25H2,1-3H3,(H2,39,42)(H,40,43)/b6-5+/t26-,29+,31-,47?/m0/s1. The van der Waals surface area contributed by atoms with Gasteiger partial charge in [-0.25, -0.2) is 0 Å². The fourth-order valence-electron chi connectivity index (χ4n) is 5.91. The number of aryl methyl sites for hydroxylation is 2. The molecule has 0 aliphatic heterocycles. The molecule has 1 unspecified atom stereocenters. The van der Waals surface area contributed by atoms with Gasteiger partial charge in [-0.1, -0.05) is 42.8 Å². The van der Waals surface area contributed by atoms with Gasteiger partial charge in [0.1, 0.15) is 23.5 Å². The van der Waals surface area contributed by atoms with Gasteiger partial charge < -0.3 is 24.3 Å². The predicted octanol–water partition coefficient (Wildman–Crippen LogP) is 7.66. The molecule has 1 fully saturated rings. The van der Waals surface area contributed by atoms with Gasteiger partial charge in [-0.05, 0) is 113 Å². The molecule has 2 aromatic carbocycles. The van der Waals surface area contributed by atoms with Gasteiger partial charge in [0.2, 0.25) is 5.91 Å². The highest BCUT2D eigenvalue weighted by molar-refractivity contribution is 7.90. The van der Waals surface area contributed by atoms with Crippen LogP contribution in [0.25, 0.3) is 0 Å². The van der Waals surface area contributed by atoms with Gasteiger partial charge in [0, 0.05) is 29.6 Å². The number of carbonyl (C=O) groups is 2. The topological polar surface area (TPSA) is 121 Å². The number of benzene rings is 2. The number of nitrogens with one attached hydrogen (secondary N) is 1. The van der Waals surface area contributed by atoms with Gasteiger partial charge in [0.05, 0.1) is 29.2 Å². The second-order valence-corrected chi connectivity index (χ2v) is 14.2. The number of amides is 2. The fourth-order valence-corrected chi connectivity index (χ4v) is 7.18. The Morgan fingerprint density at radius 3 is 2.64 bits per heavy atom.